The van der Waals surface area contributed by atoms with Crippen LogP contribution in [0.2, 0.25) is 0 Å². The fourth-order valence-electron chi connectivity index (χ4n) is 3.90. The predicted octanol–water partition coefficient (Wildman–Crippen LogP) is 2.66. The summed E-state index contributed by atoms with van der Waals surface area (Å²) in [5.41, 5.74) is 0.954. The smallest absolute Gasteiger partial charge is 0.342 e. The van der Waals surface area contributed by atoms with E-state index in [2.05, 4.69) is 5.10 Å². The first kappa shape index (κ1) is 19.1. The van der Waals surface area contributed by atoms with Crippen molar-refractivity contribution in [3.63, 3.8) is 0 Å². The van der Waals surface area contributed by atoms with Crippen molar-refractivity contribution in [2.45, 2.75) is 25.2 Å². The third-order valence-electron chi connectivity index (χ3n) is 5.40. The Morgan fingerprint density at radius 1 is 1.14 bits per heavy atom. The van der Waals surface area contributed by atoms with Crippen LogP contribution in [0.5, 0.6) is 0 Å². The molecule has 2 aromatic carbocycles. The highest BCUT2D eigenvalue weighted by Crippen LogP contribution is 2.27. The molecule has 1 aliphatic heterocycles. The molecule has 1 fully saturated rings. The molecule has 1 atom stereocenters. The molecule has 2 heterocycles. The first-order valence-electron chi connectivity index (χ1n) is 9.77. The highest BCUT2D eigenvalue weighted by atomic mass is 19.1. The molecule has 1 aromatic heterocycles. The number of benzene rings is 2. The van der Waals surface area contributed by atoms with Crippen LogP contribution in [-0.2, 0) is 18.3 Å². The molecule has 0 N–H and O–H groups in total. The Bertz CT molecular complexity index is 1070. The van der Waals surface area contributed by atoms with E-state index < -0.39 is 0 Å². The second-order valence-corrected chi connectivity index (χ2v) is 7.38. The summed E-state index contributed by atoms with van der Waals surface area (Å²) in [6, 6.07) is 15.8. The van der Waals surface area contributed by atoms with Gasteiger partial charge in [-0.3, -0.25) is 4.79 Å². The van der Waals surface area contributed by atoms with E-state index in [1.165, 1.54) is 10.7 Å². The molecule has 7 heteroatoms. The highest BCUT2D eigenvalue weighted by Gasteiger charge is 2.29. The Morgan fingerprint density at radius 2 is 1.86 bits per heavy atom. The number of aromatic nitrogens is 3. The second-order valence-electron chi connectivity index (χ2n) is 7.38. The van der Waals surface area contributed by atoms with Gasteiger partial charge in [-0.05, 0) is 36.6 Å². The Hall–Kier alpha value is -3.22. The number of carbonyl (C=O) groups excluding carboxylic acids is 1. The van der Waals surface area contributed by atoms with Gasteiger partial charge in [0.1, 0.15) is 11.6 Å². The summed E-state index contributed by atoms with van der Waals surface area (Å²) in [6.45, 7) is 1.10. The standard InChI is InChI=1S/C22H23FN4O2/c1-25-22(29)27(18-10-3-2-4-11-18)21(24-25)17-9-7-13-26(15-17)20(28)14-16-8-5-6-12-19(16)23/h2-6,8,10-12,17H,7,9,13-15H2,1H3. The van der Waals surface area contributed by atoms with Gasteiger partial charge in [-0.1, -0.05) is 36.4 Å². The van der Waals surface area contributed by atoms with Crippen LogP contribution in [-0.4, -0.2) is 38.2 Å². The average molecular weight is 394 g/mol. The maximum Gasteiger partial charge on any atom is 0.350 e. The van der Waals surface area contributed by atoms with Gasteiger partial charge in [0.05, 0.1) is 12.1 Å². The molecule has 6 nitrogen and oxygen atoms in total. The molecule has 0 saturated carbocycles. The van der Waals surface area contributed by atoms with Crippen molar-refractivity contribution >= 4 is 5.91 Å². The molecule has 1 aliphatic rings. The number of likely N-dealkylation sites (tertiary alicyclic amines) is 1. The Balaban J connectivity index is 1.58. The maximum absolute atomic E-state index is 13.9. The molecule has 150 valence electrons. The fourth-order valence-corrected chi connectivity index (χ4v) is 3.90. The molecule has 1 unspecified atom stereocenters. The lowest BCUT2D eigenvalue weighted by Crippen LogP contribution is -2.40. The van der Waals surface area contributed by atoms with Gasteiger partial charge in [-0.2, -0.15) is 5.10 Å². The SMILES string of the molecule is Cn1nc(C2CCCN(C(=O)Cc3ccccc3F)C2)n(-c2ccccc2)c1=O. The highest BCUT2D eigenvalue weighted by molar-refractivity contribution is 5.79. The van der Waals surface area contributed by atoms with Crippen LogP contribution < -0.4 is 5.69 Å². The molecule has 1 saturated heterocycles. The normalized spacial score (nSPS) is 16.8. The predicted molar refractivity (Wildman–Crippen MR) is 107 cm³/mol. The zero-order valence-electron chi connectivity index (χ0n) is 16.3. The van der Waals surface area contributed by atoms with Crippen molar-refractivity contribution in [1.29, 1.82) is 0 Å². The summed E-state index contributed by atoms with van der Waals surface area (Å²) in [5.74, 6) is 0.135. The van der Waals surface area contributed by atoms with Crippen molar-refractivity contribution in [2.75, 3.05) is 13.1 Å². The summed E-state index contributed by atoms with van der Waals surface area (Å²) in [5, 5.41) is 4.47. The summed E-state index contributed by atoms with van der Waals surface area (Å²) >= 11 is 0. The minimum absolute atomic E-state index is 0.0348. The lowest BCUT2D eigenvalue weighted by Gasteiger charge is -2.32. The van der Waals surface area contributed by atoms with Crippen LogP contribution in [0.25, 0.3) is 5.69 Å². The van der Waals surface area contributed by atoms with Gasteiger partial charge in [-0.15, -0.1) is 0 Å². The minimum atomic E-state index is -0.364. The fraction of sp³-hybridized carbons (Fsp3) is 0.318. The summed E-state index contributed by atoms with van der Waals surface area (Å²) in [7, 11) is 1.63. The first-order chi connectivity index (χ1) is 14.0. The van der Waals surface area contributed by atoms with E-state index in [0.717, 1.165) is 18.5 Å². The Kier molecular flexibility index (Phi) is 5.29. The third kappa shape index (κ3) is 3.85. The Morgan fingerprint density at radius 3 is 2.62 bits per heavy atom. The largest absolute Gasteiger partial charge is 0.350 e. The van der Waals surface area contributed by atoms with Crippen LogP contribution in [0.3, 0.4) is 0 Å². The van der Waals surface area contributed by atoms with Gasteiger partial charge in [-0.25, -0.2) is 18.4 Å². The lowest BCUT2D eigenvalue weighted by molar-refractivity contribution is -0.131. The number of para-hydroxylation sites is 1. The number of halogens is 1. The van der Waals surface area contributed by atoms with E-state index in [4.69, 9.17) is 0 Å². The molecule has 0 bridgehead atoms. The number of piperidine rings is 1. The van der Waals surface area contributed by atoms with E-state index in [1.807, 2.05) is 30.3 Å². The van der Waals surface area contributed by atoms with Crippen LogP contribution in [0.1, 0.15) is 30.1 Å². The van der Waals surface area contributed by atoms with Crippen molar-refractivity contribution < 1.29 is 9.18 Å². The Labute approximate surface area is 168 Å². The van der Waals surface area contributed by atoms with Crippen LogP contribution >= 0.6 is 0 Å². The van der Waals surface area contributed by atoms with Gasteiger partial charge in [0.15, 0.2) is 0 Å². The van der Waals surface area contributed by atoms with E-state index in [1.54, 1.807) is 34.7 Å². The molecule has 1 amide bonds. The van der Waals surface area contributed by atoms with E-state index in [0.29, 0.717) is 24.5 Å². The summed E-state index contributed by atoms with van der Waals surface area (Å²) < 4.78 is 16.9. The summed E-state index contributed by atoms with van der Waals surface area (Å²) in [6.07, 6.45) is 1.69. The maximum atomic E-state index is 13.9. The third-order valence-corrected chi connectivity index (χ3v) is 5.40. The zero-order chi connectivity index (χ0) is 20.4. The van der Waals surface area contributed by atoms with Crippen molar-refractivity contribution in [3.05, 3.63) is 82.3 Å². The average Bonchev–Trinajstić information content (AvgIpc) is 3.05. The zero-order valence-corrected chi connectivity index (χ0v) is 16.3. The molecule has 0 radical (unpaired) electrons. The number of carbonyl (C=O) groups is 1. The van der Waals surface area contributed by atoms with E-state index >= 15 is 0 Å². The quantitative estimate of drug-likeness (QED) is 0.684. The minimum Gasteiger partial charge on any atom is -0.342 e. The van der Waals surface area contributed by atoms with Crippen molar-refractivity contribution in [1.82, 2.24) is 19.2 Å². The number of hydrogen-bond acceptors (Lipinski definition) is 3. The van der Waals surface area contributed by atoms with Crippen LogP contribution in [0, 0.1) is 5.82 Å². The number of aryl methyl sites for hydroxylation is 1. The molecular formula is C22H23FN4O2. The topological polar surface area (TPSA) is 60.1 Å². The van der Waals surface area contributed by atoms with Crippen LogP contribution in [0.4, 0.5) is 4.39 Å². The second kappa shape index (κ2) is 8.03. The van der Waals surface area contributed by atoms with Crippen molar-refractivity contribution in [3.8, 4) is 5.69 Å². The van der Waals surface area contributed by atoms with Gasteiger partial charge in [0.25, 0.3) is 0 Å². The lowest BCUT2D eigenvalue weighted by atomic mass is 9.96. The van der Waals surface area contributed by atoms with Crippen molar-refractivity contribution in [2.24, 2.45) is 7.05 Å². The van der Waals surface area contributed by atoms with Crippen LogP contribution in [0.15, 0.2) is 59.4 Å². The van der Waals surface area contributed by atoms with Gasteiger partial charge < -0.3 is 4.90 Å². The molecule has 0 spiro atoms. The van der Waals surface area contributed by atoms with E-state index in [9.17, 15) is 14.0 Å². The molecule has 29 heavy (non-hydrogen) atoms. The summed E-state index contributed by atoms with van der Waals surface area (Å²) in [4.78, 5) is 27.2. The molecular weight excluding hydrogens is 371 g/mol. The first-order valence-corrected chi connectivity index (χ1v) is 9.77. The molecule has 3 aromatic rings. The molecule has 4 rings (SSSR count). The number of nitrogens with zero attached hydrogens (tertiary/aromatic N) is 4. The number of amides is 1. The number of hydrogen-bond donors (Lipinski definition) is 0. The number of rotatable bonds is 4. The van der Waals surface area contributed by atoms with E-state index in [-0.39, 0.29) is 29.8 Å². The molecule has 0 aliphatic carbocycles. The monoisotopic (exact) mass is 394 g/mol. The van der Waals surface area contributed by atoms with Gasteiger partial charge in [0, 0.05) is 26.1 Å². The van der Waals surface area contributed by atoms with Gasteiger partial charge in [0.2, 0.25) is 5.91 Å². The van der Waals surface area contributed by atoms with Gasteiger partial charge >= 0.3 is 5.69 Å².